The molecule has 2 heteroatoms. The number of benzene rings is 1. The summed E-state index contributed by atoms with van der Waals surface area (Å²) in [5, 5.41) is 0. The maximum Gasteiger partial charge on any atom is 0.129 e. The van der Waals surface area contributed by atoms with E-state index in [1.54, 1.807) is 6.08 Å². The Hall–Kier alpha value is -1.18. The maximum absolute atomic E-state index is 12.7. The van der Waals surface area contributed by atoms with Crippen LogP contribution < -0.4 is 0 Å². The van der Waals surface area contributed by atoms with Gasteiger partial charge >= 0.3 is 0 Å². The lowest BCUT2D eigenvalue weighted by Crippen LogP contribution is -1.88. The number of hydrogen-bond donors (Lipinski definition) is 0. The molecule has 0 bridgehead atoms. The molecule has 58 valence electrons. The van der Waals surface area contributed by atoms with Crippen molar-refractivity contribution in [2.75, 3.05) is 0 Å². The van der Waals surface area contributed by atoms with Crippen LogP contribution in [-0.4, -0.2) is 0 Å². The average Bonchev–Trinajstić information content (AvgIpc) is 1.95. The summed E-state index contributed by atoms with van der Waals surface area (Å²) in [4.78, 5) is 0. The van der Waals surface area contributed by atoms with Gasteiger partial charge in [0.2, 0.25) is 0 Å². The molecule has 0 spiro atoms. The molecule has 0 radical (unpaired) electrons. The van der Waals surface area contributed by atoms with Gasteiger partial charge in [-0.15, -0.1) is 6.58 Å². The standard InChI is InChI=1S/C9H8F2/c1-2-3-7-4-5-8(10)6-9(7)11/h2,4-6H,1,3H2. The first-order valence-corrected chi connectivity index (χ1v) is 3.29. The molecule has 0 fully saturated rings. The molecule has 0 nitrogen and oxygen atoms in total. The summed E-state index contributed by atoms with van der Waals surface area (Å²) >= 11 is 0. The van der Waals surface area contributed by atoms with Gasteiger partial charge in [-0.3, -0.25) is 0 Å². The Morgan fingerprint density at radius 1 is 1.36 bits per heavy atom. The molecule has 11 heavy (non-hydrogen) atoms. The first kappa shape index (κ1) is 7.92. The predicted molar refractivity (Wildman–Crippen MR) is 40.3 cm³/mol. The maximum atomic E-state index is 12.7. The van der Waals surface area contributed by atoms with Gasteiger partial charge in [0.05, 0.1) is 0 Å². The number of rotatable bonds is 2. The minimum absolute atomic E-state index is 0.437. The van der Waals surface area contributed by atoms with Gasteiger partial charge in [-0.2, -0.15) is 0 Å². The van der Waals surface area contributed by atoms with Crippen molar-refractivity contribution in [3.05, 3.63) is 48.1 Å². The van der Waals surface area contributed by atoms with Gasteiger partial charge in [0.1, 0.15) is 11.6 Å². The Kier molecular flexibility index (Phi) is 2.36. The van der Waals surface area contributed by atoms with Crippen molar-refractivity contribution >= 4 is 0 Å². The van der Waals surface area contributed by atoms with Gasteiger partial charge in [0.15, 0.2) is 0 Å². The van der Waals surface area contributed by atoms with E-state index in [9.17, 15) is 8.78 Å². The Bertz CT molecular complexity index is 266. The highest BCUT2D eigenvalue weighted by Gasteiger charge is 2.00. The predicted octanol–water partition coefficient (Wildman–Crippen LogP) is 2.69. The quantitative estimate of drug-likeness (QED) is 0.574. The second-order valence-corrected chi connectivity index (χ2v) is 2.23. The zero-order valence-corrected chi connectivity index (χ0v) is 5.98. The van der Waals surface area contributed by atoms with Crippen LogP contribution in [0, 0.1) is 11.6 Å². The third kappa shape index (κ3) is 1.87. The van der Waals surface area contributed by atoms with Crippen LogP contribution in [0.5, 0.6) is 0 Å². The van der Waals surface area contributed by atoms with Crippen molar-refractivity contribution in [2.45, 2.75) is 6.42 Å². The average molecular weight is 154 g/mol. The zero-order valence-electron chi connectivity index (χ0n) is 5.98. The lowest BCUT2D eigenvalue weighted by Gasteiger charge is -1.97. The van der Waals surface area contributed by atoms with Crippen LogP contribution in [-0.2, 0) is 6.42 Å². The molecule has 0 atom stereocenters. The van der Waals surface area contributed by atoms with Gasteiger partial charge < -0.3 is 0 Å². The number of allylic oxidation sites excluding steroid dienone is 1. The molecule has 1 rings (SSSR count). The molecule has 0 aliphatic heterocycles. The van der Waals surface area contributed by atoms with Gasteiger partial charge in [-0.05, 0) is 18.1 Å². The van der Waals surface area contributed by atoms with Crippen molar-refractivity contribution < 1.29 is 8.78 Å². The van der Waals surface area contributed by atoms with Gasteiger partial charge in [0, 0.05) is 6.07 Å². The van der Waals surface area contributed by atoms with Crippen LogP contribution in [0.4, 0.5) is 8.78 Å². The fraction of sp³-hybridized carbons (Fsp3) is 0.111. The molecule has 0 aliphatic carbocycles. The highest BCUT2D eigenvalue weighted by molar-refractivity contribution is 5.20. The largest absolute Gasteiger partial charge is 0.207 e. The van der Waals surface area contributed by atoms with E-state index in [1.807, 2.05) is 0 Å². The third-order valence-corrected chi connectivity index (χ3v) is 1.38. The van der Waals surface area contributed by atoms with Gasteiger partial charge in [0.25, 0.3) is 0 Å². The Morgan fingerprint density at radius 2 is 2.09 bits per heavy atom. The van der Waals surface area contributed by atoms with Crippen LogP contribution in [0.2, 0.25) is 0 Å². The fourth-order valence-corrected chi connectivity index (χ4v) is 0.843. The first-order valence-electron chi connectivity index (χ1n) is 3.29. The lowest BCUT2D eigenvalue weighted by molar-refractivity contribution is 0.575. The number of halogens is 2. The molecule has 1 aromatic rings. The normalized spacial score (nSPS) is 9.64. The van der Waals surface area contributed by atoms with E-state index in [0.717, 1.165) is 6.07 Å². The van der Waals surface area contributed by atoms with Gasteiger partial charge in [-0.25, -0.2) is 8.78 Å². The summed E-state index contributed by atoms with van der Waals surface area (Å²) in [6.07, 6.45) is 2.02. The van der Waals surface area contributed by atoms with Crippen LogP contribution in [0.15, 0.2) is 30.9 Å². The summed E-state index contributed by atoms with van der Waals surface area (Å²) in [7, 11) is 0. The molecule has 0 aromatic heterocycles. The van der Waals surface area contributed by atoms with Crippen molar-refractivity contribution in [2.24, 2.45) is 0 Å². The van der Waals surface area contributed by atoms with E-state index < -0.39 is 11.6 Å². The highest BCUT2D eigenvalue weighted by atomic mass is 19.1. The van der Waals surface area contributed by atoms with E-state index in [2.05, 4.69) is 6.58 Å². The monoisotopic (exact) mass is 154 g/mol. The van der Waals surface area contributed by atoms with Crippen molar-refractivity contribution in [1.29, 1.82) is 0 Å². The summed E-state index contributed by atoms with van der Waals surface area (Å²) in [6.45, 7) is 3.46. The molecular weight excluding hydrogens is 146 g/mol. The first-order chi connectivity index (χ1) is 5.24. The second-order valence-electron chi connectivity index (χ2n) is 2.23. The minimum atomic E-state index is -0.546. The zero-order chi connectivity index (χ0) is 8.27. The molecule has 0 heterocycles. The summed E-state index contributed by atoms with van der Waals surface area (Å²) in [6, 6.07) is 3.53. The molecular formula is C9H8F2. The highest BCUT2D eigenvalue weighted by Crippen LogP contribution is 2.09. The minimum Gasteiger partial charge on any atom is -0.207 e. The molecule has 0 N–H and O–H groups in total. The van der Waals surface area contributed by atoms with Crippen LogP contribution >= 0.6 is 0 Å². The molecule has 0 amide bonds. The van der Waals surface area contributed by atoms with Crippen molar-refractivity contribution in [3.63, 3.8) is 0 Å². The van der Waals surface area contributed by atoms with Crippen LogP contribution in [0.3, 0.4) is 0 Å². The fourth-order valence-electron chi connectivity index (χ4n) is 0.843. The van der Waals surface area contributed by atoms with E-state index in [-0.39, 0.29) is 0 Å². The molecule has 0 unspecified atom stereocenters. The van der Waals surface area contributed by atoms with Crippen LogP contribution in [0.1, 0.15) is 5.56 Å². The Balaban J connectivity index is 2.98. The van der Waals surface area contributed by atoms with Gasteiger partial charge in [-0.1, -0.05) is 12.1 Å². The summed E-state index contributed by atoms with van der Waals surface area (Å²) in [5.74, 6) is -1.06. The SMILES string of the molecule is C=CCc1ccc(F)cc1F. The number of hydrogen-bond acceptors (Lipinski definition) is 0. The van der Waals surface area contributed by atoms with Crippen molar-refractivity contribution in [1.82, 2.24) is 0 Å². The Labute approximate surface area is 64.2 Å². The summed E-state index contributed by atoms with van der Waals surface area (Å²) in [5.41, 5.74) is 0.474. The van der Waals surface area contributed by atoms with E-state index in [1.165, 1.54) is 12.1 Å². The molecule has 1 aromatic carbocycles. The van der Waals surface area contributed by atoms with Crippen molar-refractivity contribution in [3.8, 4) is 0 Å². The molecule has 0 aliphatic rings. The second kappa shape index (κ2) is 3.28. The lowest BCUT2D eigenvalue weighted by atomic mass is 10.1. The molecule has 0 saturated heterocycles. The smallest absolute Gasteiger partial charge is 0.129 e. The molecule has 0 saturated carbocycles. The van der Waals surface area contributed by atoms with E-state index >= 15 is 0 Å². The van der Waals surface area contributed by atoms with Crippen LogP contribution in [0.25, 0.3) is 0 Å². The van der Waals surface area contributed by atoms with E-state index in [0.29, 0.717) is 12.0 Å². The summed E-state index contributed by atoms with van der Waals surface area (Å²) < 4.78 is 25.1. The third-order valence-electron chi connectivity index (χ3n) is 1.38. The topological polar surface area (TPSA) is 0 Å². The Morgan fingerprint density at radius 3 is 2.64 bits per heavy atom. The van der Waals surface area contributed by atoms with E-state index in [4.69, 9.17) is 0 Å².